The van der Waals surface area contributed by atoms with Crippen LogP contribution in [0, 0.1) is 0 Å². The second-order valence-electron chi connectivity index (χ2n) is 6.23. The van der Waals surface area contributed by atoms with Crippen molar-refractivity contribution in [3.63, 3.8) is 0 Å². The van der Waals surface area contributed by atoms with Crippen molar-refractivity contribution in [1.29, 1.82) is 0 Å². The molecule has 0 saturated heterocycles. The zero-order valence-electron chi connectivity index (χ0n) is 14.2. The van der Waals surface area contributed by atoms with Gasteiger partial charge in [-0.05, 0) is 35.4 Å². The number of rotatable bonds is 3. The molecule has 4 heteroatoms. The van der Waals surface area contributed by atoms with Gasteiger partial charge in [0.25, 0.3) is 5.91 Å². The van der Waals surface area contributed by atoms with Gasteiger partial charge in [0.05, 0.1) is 11.4 Å². The van der Waals surface area contributed by atoms with Crippen LogP contribution >= 0.6 is 0 Å². The smallest absolute Gasteiger partial charge is 0.287 e. The summed E-state index contributed by atoms with van der Waals surface area (Å²) in [6, 6.07) is 21.9. The Labute approximate surface area is 150 Å². The van der Waals surface area contributed by atoms with Crippen molar-refractivity contribution in [2.45, 2.75) is 13.0 Å². The standard InChI is InChI=1S/C22H17NO3/c1-14(16-11-6-8-15-7-2-3-9-17(15)16)23-22(25)21-13-19(24)18-10-4-5-12-20(18)26-21/h2-14H,1H3,(H,23,25)/t14-/m1/s1. The number of carbonyl (C=O) groups is 1. The number of para-hydroxylation sites is 1. The lowest BCUT2D eigenvalue weighted by Gasteiger charge is -2.16. The molecule has 4 rings (SSSR count). The van der Waals surface area contributed by atoms with Crippen molar-refractivity contribution >= 4 is 27.6 Å². The van der Waals surface area contributed by atoms with Crippen LogP contribution in [0.3, 0.4) is 0 Å². The third kappa shape index (κ3) is 2.86. The highest BCUT2D eigenvalue weighted by molar-refractivity contribution is 5.94. The van der Waals surface area contributed by atoms with Gasteiger partial charge in [-0.2, -0.15) is 0 Å². The highest BCUT2D eigenvalue weighted by Crippen LogP contribution is 2.24. The van der Waals surface area contributed by atoms with E-state index in [2.05, 4.69) is 5.32 Å². The number of carbonyl (C=O) groups excluding carboxylic acids is 1. The van der Waals surface area contributed by atoms with Crippen molar-refractivity contribution in [2.75, 3.05) is 0 Å². The Balaban J connectivity index is 1.66. The SMILES string of the molecule is C[C@@H](NC(=O)c1cc(=O)c2ccccc2o1)c1cccc2ccccc12. The van der Waals surface area contributed by atoms with Crippen LogP contribution in [0.25, 0.3) is 21.7 Å². The van der Waals surface area contributed by atoms with Crippen molar-refractivity contribution in [3.8, 4) is 0 Å². The first-order chi connectivity index (χ1) is 12.6. The molecule has 0 aliphatic heterocycles. The van der Waals surface area contributed by atoms with Crippen LogP contribution in [0.1, 0.15) is 29.1 Å². The Bertz CT molecular complexity index is 1170. The van der Waals surface area contributed by atoms with Crippen LogP contribution in [0.2, 0.25) is 0 Å². The number of nitrogens with one attached hydrogen (secondary N) is 1. The summed E-state index contributed by atoms with van der Waals surface area (Å²) >= 11 is 0. The molecule has 0 bridgehead atoms. The van der Waals surface area contributed by atoms with Gasteiger partial charge in [0.15, 0.2) is 11.2 Å². The molecule has 4 nitrogen and oxygen atoms in total. The Morgan fingerprint density at radius 1 is 0.923 bits per heavy atom. The molecular weight excluding hydrogens is 326 g/mol. The van der Waals surface area contributed by atoms with E-state index in [9.17, 15) is 9.59 Å². The van der Waals surface area contributed by atoms with E-state index in [0.29, 0.717) is 11.0 Å². The lowest BCUT2D eigenvalue weighted by molar-refractivity contribution is 0.0912. The maximum Gasteiger partial charge on any atom is 0.287 e. The maximum atomic E-state index is 12.6. The van der Waals surface area contributed by atoms with Gasteiger partial charge >= 0.3 is 0 Å². The van der Waals surface area contributed by atoms with Crippen LogP contribution < -0.4 is 10.7 Å². The molecule has 0 aliphatic rings. The van der Waals surface area contributed by atoms with Crippen molar-refractivity contribution in [3.05, 3.63) is 94.3 Å². The fraction of sp³-hybridized carbons (Fsp3) is 0.0909. The summed E-state index contributed by atoms with van der Waals surface area (Å²) < 4.78 is 5.62. The van der Waals surface area contributed by atoms with Gasteiger partial charge in [-0.25, -0.2) is 0 Å². The van der Waals surface area contributed by atoms with E-state index in [1.54, 1.807) is 24.3 Å². The summed E-state index contributed by atoms with van der Waals surface area (Å²) in [6.07, 6.45) is 0. The van der Waals surface area contributed by atoms with Crippen LogP contribution in [-0.4, -0.2) is 5.91 Å². The lowest BCUT2D eigenvalue weighted by Crippen LogP contribution is -2.27. The molecule has 0 aliphatic carbocycles. The van der Waals surface area contributed by atoms with E-state index in [1.807, 2.05) is 49.4 Å². The van der Waals surface area contributed by atoms with E-state index in [-0.39, 0.29) is 17.2 Å². The molecule has 0 saturated carbocycles. The fourth-order valence-corrected chi connectivity index (χ4v) is 3.19. The summed E-state index contributed by atoms with van der Waals surface area (Å²) in [5, 5.41) is 5.59. The molecule has 1 N–H and O–H groups in total. The molecule has 0 spiro atoms. The first-order valence-corrected chi connectivity index (χ1v) is 8.45. The number of hydrogen-bond donors (Lipinski definition) is 1. The van der Waals surface area contributed by atoms with Gasteiger partial charge in [0, 0.05) is 6.07 Å². The van der Waals surface area contributed by atoms with Crippen LogP contribution in [-0.2, 0) is 0 Å². The number of amides is 1. The average molecular weight is 343 g/mol. The van der Waals surface area contributed by atoms with Crippen molar-refractivity contribution < 1.29 is 9.21 Å². The topological polar surface area (TPSA) is 59.3 Å². The largest absolute Gasteiger partial charge is 0.451 e. The van der Waals surface area contributed by atoms with Gasteiger partial charge < -0.3 is 9.73 Å². The molecule has 26 heavy (non-hydrogen) atoms. The first-order valence-electron chi connectivity index (χ1n) is 8.45. The summed E-state index contributed by atoms with van der Waals surface area (Å²) in [5.41, 5.74) is 1.19. The minimum absolute atomic E-state index is 0.0146. The Kier molecular flexibility index (Phi) is 4.01. The maximum absolute atomic E-state index is 12.6. The van der Waals surface area contributed by atoms with E-state index in [0.717, 1.165) is 16.3 Å². The van der Waals surface area contributed by atoms with Gasteiger partial charge in [-0.15, -0.1) is 0 Å². The minimum Gasteiger partial charge on any atom is -0.451 e. The van der Waals surface area contributed by atoms with E-state index < -0.39 is 5.91 Å². The van der Waals surface area contributed by atoms with Gasteiger partial charge in [-0.1, -0.05) is 54.6 Å². The van der Waals surface area contributed by atoms with E-state index in [4.69, 9.17) is 4.42 Å². The van der Waals surface area contributed by atoms with Gasteiger partial charge in [-0.3, -0.25) is 9.59 Å². The molecule has 0 fully saturated rings. The van der Waals surface area contributed by atoms with E-state index >= 15 is 0 Å². The number of fused-ring (bicyclic) bond motifs is 2. The molecule has 0 radical (unpaired) electrons. The van der Waals surface area contributed by atoms with Crippen LogP contribution in [0.4, 0.5) is 0 Å². The number of benzene rings is 3. The Morgan fingerprint density at radius 2 is 1.62 bits per heavy atom. The van der Waals surface area contributed by atoms with E-state index in [1.165, 1.54) is 6.07 Å². The highest BCUT2D eigenvalue weighted by Gasteiger charge is 2.16. The normalized spacial score (nSPS) is 12.2. The van der Waals surface area contributed by atoms with Gasteiger partial charge in [0.1, 0.15) is 5.58 Å². The molecule has 4 aromatic rings. The molecule has 1 aromatic heterocycles. The van der Waals surface area contributed by atoms with Crippen LogP contribution in [0.15, 0.2) is 82.0 Å². The predicted molar refractivity (Wildman–Crippen MR) is 102 cm³/mol. The lowest BCUT2D eigenvalue weighted by atomic mass is 9.99. The zero-order valence-corrected chi connectivity index (χ0v) is 14.2. The molecule has 1 atom stereocenters. The third-order valence-corrected chi connectivity index (χ3v) is 4.50. The Morgan fingerprint density at radius 3 is 2.46 bits per heavy atom. The molecule has 128 valence electrons. The molecule has 3 aromatic carbocycles. The molecule has 0 unspecified atom stereocenters. The Hall–Kier alpha value is -3.40. The summed E-state index contributed by atoms with van der Waals surface area (Å²) in [7, 11) is 0. The zero-order chi connectivity index (χ0) is 18.1. The predicted octanol–water partition coefficient (Wildman–Crippen LogP) is 4.44. The second kappa shape index (κ2) is 6.48. The quantitative estimate of drug-likeness (QED) is 0.598. The fourth-order valence-electron chi connectivity index (χ4n) is 3.19. The van der Waals surface area contributed by atoms with Gasteiger partial charge in [0.2, 0.25) is 0 Å². The summed E-state index contributed by atoms with van der Waals surface area (Å²) in [5.74, 6) is -0.394. The molecule has 1 amide bonds. The third-order valence-electron chi connectivity index (χ3n) is 4.50. The summed E-state index contributed by atoms with van der Waals surface area (Å²) in [4.78, 5) is 24.8. The van der Waals surface area contributed by atoms with Crippen LogP contribution in [0.5, 0.6) is 0 Å². The second-order valence-corrected chi connectivity index (χ2v) is 6.23. The van der Waals surface area contributed by atoms with Crippen molar-refractivity contribution in [2.24, 2.45) is 0 Å². The average Bonchev–Trinajstić information content (AvgIpc) is 2.67. The molecular formula is C22H17NO3. The summed E-state index contributed by atoms with van der Waals surface area (Å²) in [6.45, 7) is 1.92. The minimum atomic E-state index is -0.409. The highest BCUT2D eigenvalue weighted by atomic mass is 16.3. The monoisotopic (exact) mass is 343 g/mol. The first kappa shape index (κ1) is 16.1. The molecule has 1 heterocycles. The number of hydrogen-bond acceptors (Lipinski definition) is 3. The van der Waals surface area contributed by atoms with Crippen molar-refractivity contribution in [1.82, 2.24) is 5.32 Å².